The molecule has 0 amide bonds. The van der Waals surface area contributed by atoms with Crippen molar-refractivity contribution in [2.45, 2.75) is 50.8 Å². The molecule has 1 rings (SSSR count). The maximum Gasteiger partial charge on any atom is 0.216 e. The minimum absolute atomic E-state index is 0.119. The molecule has 0 heterocycles. The summed E-state index contributed by atoms with van der Waals surface area (Å²) in [6.45, 7) is 5.19. The van der Waals surface area contributed by atoms with Crippen molar-refractivity contribution in [1.29, 1.82) is 0 Å². The Morgan fingerprint density at radius 1 is 1.33 bits per heavy atom. The van der Waals surface area contributed by atoms with Gasteiger partial charge in [-0.3, -0.25) is 0 Å². The lowest BCUT2D eigenvalue weighted by atomic mass is 10.1. The van der Waals surface area contributed by atoms with Gasteiger partial charge in [0.05, 0.1) is 4.75 Å². The normalized spacial score (nSPS) is 28.3. The molecule has 0 aromatic carbocycles. The van der Waals surface area contributed by atoms with Crippen molar-refractivity contribution in [3.8, 4) is 0 Å². The van der Waals surface area contributed by atoms with Crippen LogP contribution in [-0.4, -0.2) is 24.5 Å². The number of hydrogen-bond acceptors (Lipinski definition) is 2. The van der Waals surface area contributed by atoms with Gasteiger partial charge in [-0.25, -0.2) is 13.1 Å². The lowest BCUT2D eigenvalue weighted by molar-refractivity contribution is 0.471. The van der Waals surface area contributed by atoms with Crippen LogP contribution in [0.5, 0.6) is 0 Å². The molecule has 3 nitrogen and oxygen atoms in total. The molecular formula is C10H20BrNO2S. The molecule has 1 N–H and O–H groups in total. The van der Waals surface area contributed by atoms with Crippen LogP contribution in [0.2, 0.25) is 0 Å². The van der Waals surface area contributed by atoms with Crippen LogP contribution in [0.4, 0.5) is 0 Å². The third-order valence-electron chi connectivity index (χ3n) is 2.97. The quantitative estimate of drug-likeness (QED) is 0.812. The van der Waals surface area contributed by atoms with Crippen molar-refractivity contribution in [1.82, 2.24) is 4.72 Å². The van der Waals surface area contributed by atoms with Gasteiger partial charge in [0.2, 0.25) is 10.0 Å². The molecule has 2 unspecified atom stereocenters. The van der Waals surface area contributed by atoms with Gasteiger partial charge in [-0.05, 0) is 39.5 Å². The van der Waals surface area contributed by atoms with Crippen molar-refractivity contribution >= 4 is 26.0 Å². The van der Waals surface area contributed by atoms with Gasteiger partial charge in [-0.2, -0.15) is 0 Å². The Bertz CT molecular complexity index is 308. The van der Waals surface area contributed by atoms with E-state index in [0.717, 1.165) is 24.6 Å². The highest BCUT2D eigenvalue weighted by Crippen LogP contribution is 2.29. The maximum absolute atomic E-state index is 11.9. The second-order valence-corrected chi connectivity index (χ2v) is 8.30. The fourth-order valence-corrected chi connectivity index (χ4v) is 3.59. The van der Waals surface area contributed by atoms with E-state index in [1.54, 1.807) is 20.8 Å². The van der Waals surface area contributed by atoms with E-state index < -0.39 is 14.8 Å². The van der Waals surface area contributed by atoms with E-state index in [9.17, 15) is 8.42 Å². The summed E-state index contributed by atoms with van der Waals surface area (Å²) in [4.78, 5) is 0. The van der Waals surface area contributed by atoms with Crippen LogP contribution < -0.4 is 4.72 Å². The van der Waals surface area contributed by atoms with Gasteiger partial charge in [0.25, 0.3) is 0 Å². The van der Waals surface area contributed by atoms with Gasteiger partial charge in [0.15, 0.2) is 0 Å². The summed E-state index contributed by atoms with van der Waals surface area (Å²) in [6.07, 6.45) is 3.20. The van der Waals surface area contributed by atoms with Crippen LogP contribution in [0.1, 0.15) is 40.0 Å². The van der Waals surface area contributed by atoms with Crippen LogP contribution in [-0.2, 0) is 10.0 Å². The van der Waals surface area contributed by atoms with Crippen LogP contribution in [0.15, 0.2) is 0 Å². The summed E-state index contributed by atoms with van der Waals surface area (Å²) >= 11 is 3.44. The molecule has 5 heteroatoms. The molecule has 1 fully saturated rings. The standard InChI is InChI=1S/C10H20BrNO2S/c1-10(2,3)15(13,14)12-9-6-4-5-8(9)7-11/h8-9,12H,4-7H2,1-3H3. The van der Waals surface area contributed by atoms with E-state index in [-0.39, 0.29) is 6.04 Å². The monoisotopic (exact) mass is 297 g/mol. The minimum Gasteiger partial charge on any atom is -0.212 e. The van der Waals surface area contributed by atoms with E-state index in [4.69, 9.17) is 0 Å². The van der Waals surface area contributed by atoms with Crippen molar-refractivity contribution < 1.29 is 8.42 Å². The van der Waals surface area contributed by atoms with E-state index in [0.29, 0.717) is 5.92 Å². The Kier molecular flexibility index (Phi) is 4.23. The van der Waals surface area contributed by atoms with Gasteiger partial charge in [0.1, 0.15) is 0 Å². The van der Waals surface area contributed by atoms with Crippen LogP contribution >= 0.6 is 15.9 Å². The van der Waals surface area contributed by atoms with E-state index in [1.165, 1.54) is 0 Å². The molecule has 0 saturated heterocycles. The molecule has 0 aliphatic heterocycles. The second kappa shape index (κ2) is 4.72. The Labute approximate surface area is 101 Å². The van der Waals surface area contributed by atoms with E-state index >= 15 is 0 Å². The molecule has 1 saturated carbocycles. The van der Waals surface area contributed by atoms with Crippen molar-refractivity contribution in [2.75, 3.05) is 5.33 Å². The molecule has 2 atom stereocenters. The SMILES string of the molecule is CC(C)(C)S(=O)(=O)NC1CCCC1CBr. The van der Waals surface area contributed by atoms with Crippen molar-refractivity contribution in [2.24, 2.45) is 5.92 Å². The third kappa shape index (κ3) is 3.17. The van der Waals surface area contributed by atoms with Crippen molar-refractivity contribution in [3.05, 3.63) is 0 Å². The molecule has 0 bridgehead atoms. The molecule has 15 heavy (non-hydrogen) atoms. The van der Waals surface area contributed by atoms with Crippen LogP contribution in [0.25, 0.3) is 0 Å². The van der Waals surface area contributed by atoms with Crippen LogP contribution in [0.3, 0.4) is 0 Å². The number of rotatable bonds is 3. The van der Waals surface area contributed by atoms with E-state index in [2.05, 4.69) is 20.7 Å². The molecule has 90 valence electrons. The maximum atomic E-state index is 11.9. The molecule has 0 aromatic rings. The van der Waals surface area contributed by atoms with Gasteiger partial charge >= 0.3 is 0 Å². The molecule has 0 radical (unpaired) electrons. The first-order chi connectivity index (χ1) is 6.78. The molecule has 0 aromatic heterocycles. The van der Waals surface area contributed by atoms with Crippen LogP contribution in [0, 0.1) is 5.92 Å². The number of nitrogens with one attached hydrogen (secondary N) is 1. The Balaban J connectivity index is 2.70. The first kappa shape index (κ1) is 13.5. The number of halogens is 1. The lowest BCUT2D eigenvalue weighted by Gasteiger charge is -2.25. The Morgan fingerprint density at radius 2 is 1.93 bits per heavy atom. The zero-order chi connectivity index (χ0) is 11.7. The van der Waals surface area contributed by atoms with Crippen molar-refractivity contribution in [3.63, 3.8) is 0 Å². The molecule has 1 aliphatic carbocycles. The summed E-state index contributed by atoms with van der Waals surface area (Å²) in [5, 5.41) is 0.879. The number of alkyl halides is 1. The molecular weight excluding hydrogens is 278 g/mol. The third-order valence-corrected chi connectivity index (χ3v) is 6.03. The second-order valence-electron chi connectivity index (χ2n) is 5.19. The summed E-state index contributed by atoms with van der Waals surface area (Å²) in [5.41, 5.74) is 0. The Morgan fingerprint density at radius 3 is 2.40 bits per heavy atom. The predicted octanol–water partition coefficient (Wildman–Crippen LogP) is 2.27. The molecule has 0 spiro atoms. The average molecular weight is 298 g/mol. The molecule has 1 aliphatic rings. The topological polar surface area (TPSA) is 46.2 Å². The highest BCUT2D eigenvalue weighted by Gasteiger charge is 2.35. The number of sulfonamides is 1. The van der Waals surface area contributed by atoms with Gasteiger partial charge in [0, 0.05) is 11.4 Å². The van der Waals surface area contributed by atoms with Gasteiger partial charge in [-0.1, -0.05) is 22.4 Å². The highest BCUT2D eigenvalue weighted by molar-refractivity contribution is 9.09. The predicted molar refractivity (Wildman–Crippen MR) is 66.7 cm³/mol. The average Bonchev–Trinajstić information content (AvgIpc) is 2.48. The highest BCUT2D eigenvalue weighted by atomic mass is 79.9. The fraction of sp³-hybridized carbons (Fsp3) is 1.00. The Hall–Kier alpha value is 0.390. The fourth-order valence-electron chi connectivity index (χ4n) is 1.75. The first-order valence-corrected chi connectivity index (χ1v) is 7.96. The van der Waals surface area contributed by atoms with E-state index in [1.807, 2.05) is 0 Å². The minimum atomic E-state index is -3.20. The lowest BCUT2D eigenvalue weighted by Crippen LogP contribution is -2.46. The summed E-state index contributed by atoms with van der Waals surface area (Å²) in [6, 6.07) is 0.119. The number of hydrogen-bond donors (Lipinski definition) is 1. The summed E-state index contributed by atoms with van der Waals surface area (Å²) in [5.74, 6) is 0.446. The largest absolute Gasteiger partial charge is 0.216 e. The zero-order valence-electron chi connectivity index (χ0n) is 9.59. The summed E-state index contributed by atoms with van der Waals surface area (Å²) in [7, 11) is -3.20. The summed E-state index contributed by atoms with van der Waals surface area (Å²) < 4.78 is 26.0. The van der Waals surface area contributed by atoms with Gasteiger partial charge < -0.3 is 0 Å². The smallest absolute Gasteiger partial charge is 0.212 e. The first-order valence-electron chi connectivity index (χ1n) is 5.36. The van der Waals surface area contributed by atoms with Gasteiger partial charge in [-0.15, -0.1) is 0 Å². The zero-order valence-corrected chi connectivity index (χ0v) is 12.0.